The van der Waals surface area contributed by atoms with E-state index in [1.807, 2.05) is 60.7 Å². The van der Waals surface area contributed by atoms with Gasteiger partial charge in [0, 0.05) is 21.9 Å². The Morgan fingerprint density at radius 2 is 0.917 bits per heavy atom. The van der Waals surface area contributed by atoms with Crippen molar-refractivity contribution in [3.8, 4) is 34.0 Å². The van der Waals surface area contributed by atoms with Gasteiger partial charge < -0.3 is 9.47 Å². The van der Waals surface area contributed by atoms with Crippen molar-refractivity contribution in [1.82, 2.24) is 9.97 Å². The highest BCUT2D eigenvalue weighted by Gasteiger charge is 2.09. The van der Waals surface area contributed by atoms with E-state index in [9.17, 15) is 0 Å². The zero-order valence-electron chi connectivity index (χ0n) is 20.2. The van der Waals surface area contributed by atoms with Gasteiger partial charge in [-0.3, -0.25) is 0 Å². The van der Waals surface area contributed by atoms with Crippen molar-refractivity contribution in [3.05, 3.63) is 110 Å². The van der Waals surface area contributed by atoms with E-state index in [4.69, 9.17) is 19.4 Å². The standard InChI is InChI=1S/C32H28N2O2/c1-3-5-21-35-27-15-9-23(10-16-27)29-19-13-25-7-8-26-14-20-30(34-32(26)31(25)33-29)24-11-17-28(18-12-24)36-22-6-4-2/h3-4,7-20H,1-2,5-6,21-22H2. The molecule has 0 aliphatic heterocycles. The van der Waals surface area contributed by atoms with E-state index in [0.717, 1.165) is 68.7 Å². The Hall–Kier alpha value is -4.44. The van der Waals surface area contributed by atoms with E-state index in [-0.39, 0.29) is 0 Å². The molecule has 0 bridgehead atoms. The third-order valence-electron chi connectivity index (χ3n) is 6.00. The molecule has 2 heterocycles. The number of hydrogen-bond donors (Lipinski definition) is 0. The third kappa shape index (κ3) is 5.13. The van der Waals surface area contributed by atoms with Gasteiger partial charge in [0.05, 0.1) is 35.6 Å². The van der Waals surface area contributed by atoms with E-state index in [0.29, 0.717) is 13.2 Å². The molecule has 0 unspecified atom stereocenters. The first-order chi connectivity index (χ1) is 17.7. The SMILES string of the molecule is C=CCCOc1ccc(-c2ccc3ccc4ccc(-c5ccc(OCCC=C)cc5)nc4c3n2)cc1. The molecule has 2 aromatic heterocycles. The van der Waals surface area contributed by atoms with Crippen LogP contribution in [0.5, 0.6) is 11.5 Å². The molecule has 0 aliphatic rings. The number of ether oxygens (including phenoxy) is 2. The maximum atomic E-state index is 5.74. The summed E-state index contributed by atoms with van der Waals surface area (Å²) < 4.78 is 11.5. The van der Waals surface area contributed by atoms with Crippen molar-refractivity contribution in [3.63, 3.8) is 0 Å². The average Bonchev–Trinajstić information content (AvgIpc) is 2.93. The molecule has 0 atom stereocenters. The lowest BCUT2D eigenvalue weighted by atomic mass is 10.1. The van der Waals surface area contributed by atoms with Gasteiger partial charge in [-0.25, -0.2) is 9.97 Å². The number of fused-ring (bicyclic) bond motifs is 3. The number of rotatable bonds is 10. The molecule has 0 aliphatic carbocycles. The van der Waals surface area contributed by atoms with Crippen LogP contribution in [0.15, 0.2) is 110 Å². The fraction of sp³-hybridized carbons (Fsp3) is 0.125. The Morgan fingerprint density at radius 3 is 1.31 bits per heavy atom. The number of nitrogens with zero attached hydrogens (tertiary/aromatic N) is 2. The first kappa shape index (κ1) is 23.3. The minimum absolute atomic E-state index is 0.627. The van der Waals surface area contributed by atoms with Crippen molar-refractivity contribution >= 4 is 21.8 Å². The molecule has 4 nitrogen and oxygen atoms in total. The summed E-state index contributed by atoms with van der Waals surface area (Å²) in [5.41, 5.74) is 5.66. The molecule has 0 saturated heterocycles. The van der Waals surface area contributed by atoms with E-state index in [1.165, 1.54) is 0 Å². The fourth-order valence-electron chi connectivity index (χ4n) is 4.05. The summed E-state index contributed by atoms with van der Waals surface area (Å²) in [6, 6.07) is 28.6. The van der Waals surface area contributed by atoms with Crippen molar-refractivity contribution in [2.24, 2.45) is 0 Å². The largest absolute Gasteiger partial charge is 0.493 e. The van der Waals surface area contributed by atoms with Crippen LogP contribution >= 0.6 is 0 Å². The van der Waals surface area contributed by atoms with Crippen LogP contribution in [0.2, 0.25) is 0 Å². The fourth-order valence-corrected chi connectivity index (χ4v) is 4.05. The summed E-state index contributed by atoms with van der Waals surface area (Å²) in [6.45, 7) is 8.71. The number of benzene rings is 3. The van der Waals surface area contributed by atoms with Gasteiger partial charge >= 0.3 is 0 Å². The molecule has 0 spiro atoms. The summed E-state index contributed by atoms with van der Waals surface area (Å²) in [6.07, 6.45) is 5.35. The van der Waals surface area contributed by atoms with Crippen LogP contribution in [-0.2, 0) is 0 Å². The molecule has 0 saturated carbocycles. The Bertz CT molecular complexity index is 1390. The molecule has 0 N–H and O–H groups in total. The Labute approximate surface area is 211 Å². The maximum Gasteiger partial charge on any atom is 0.119 e. The first-order valence-electron chi connectivity index (χ1n) is 12.1. The monoisotopic (exact) mass is 472 g/mol. The minimum atomic E-state index is 0.627. The smallest absolute Gasteiger partial charge is 0.119 e. The van der Waals surface area contributed by atoms with Gasteiger partial charge in [-0.05, 0) is 73.5 Å². The number of aromatic nitrogens is 2. The van der Waals surface area contributed by atoms with Crippen molar-refractivity contribution in [2.45, 2.75) is 12.8 Å². The minimum Gasteiger partial charge on any atom is -0.493 e. The van der Waals surface area contributed by atoms with Crippen LogP contribution in [0.3, 0.4) is 0 Å². The maximum absolute atomic E-state index is 5.74. The Kier molecular flexibility index (Phi) is 7.04. The lowest BCUT2D eigenvalue weighted by molar-refractivity contribution is 0.325. The van der Waals surface area contributed by atoms with Crippen molar-refractivity contribution < 1.29 is 9.47 Å². The van der Waals surface area contributed by atoms with Crippen LogP contribution in [0.4, 0.5) is 0 Å². The van der Waals surface area contributed by atoms with Crippen molar-refractivity contribution in [2.75, 3.05) is 13.2 Å². The first-order valence-corrected chi connectivity index (χ1v) is 12.1. The summed E-state index contributed by atoms with van der Waals surface area (Å²) in [4.78, 5) is 10.0. The quantitative estimate of drug-likeness (QED) is 0.117. The number of pyridine rings is 2. The van der Waals surface area contributed by atoms with Gasteiger partial charge in [0.2, 0.25) is 0 Å². The second-order valence-electron chi connectivity index (χ2n) is 8.50. The van der Waals surface area contributed by atoms with Gasteiger partial charge in [0.15, 0.2) is 0 Å². The van der Waals surface area contributed by atoms with Gasteiger partial charge in [0.1, 0.15) is 11.5 Å². The average molecular weight is 473 g/mol. The molecule has 3 aromatic carbocycles. The molecular weight excluding hydrogens is 444 g/mol. The highest BCUT2D eigenvalue weighted by Crippen LogP contribution is 2.30. The van der Waals surface area contributed by atoms with Crippen LogP contribution < -0.4 is 9.47 Å². The predicted octanol–water partition coefficient (Wildman–Crippen LogP) is 8.03. The summed E-state index contributed by atoms with van der Waals surface area (Å²) in [5.74, 6) is 1.69. The zero-order valence-corrected chi connectivity index (χ0v) is 20.2. The second-order valence-corrected chi connectivity index (χ2v) is 8.50. The molecular formula is C32H28N2O2. The van der Waals surface area contributed by atoms with Gasteiger partial charge in [0.25, 0.3) is 0 Å². The van der Waals surface area contributed by atoms with E-state index < -0.39 is 0 Å². The Morgan fingerprint density at radius 1 is 0.528 bits per heavy atom. The van der Waals surface area contributed by atoms with E-state index >= 15 is 0 Å². The normalized spacial score (nSPS) is 10.9. The summed E-state index contributed by atoms with van der Waals surface area (Å²) >= 11 is 0. The highest BCUT2D eigenvalue weighted by molar-refractivity contribution is 6.04. The predicted molar refractivity (Wildman–Crippen MR) is 149 cm³/mol. The van der Waals surface area contributed by atoms with Crippen LogP contribution in [-0.4, -0.2) is 23.2 Å². The third-order valence-corrected chi connectivity index (χ3v) is 6.00. The second kappa shape index (κ2) is 10.9. The van der Waals surface area contributed by atoms with Gasteiger partial charge in [-0.2, -0.15) is 0 Å². The van der Waals surface area contributed by atoms with E-state index in [2.05, 4.69) is 49.6 Å². The molecule has 4 heteroatoms. The van der Waals surface area contributed by atoms with Crippen LogP contribution in [0.1, 0.15) is 12.8 Å². The summed E-state index contributed by atoms with van der Waals surface area (Å²) in [7, 11) is 0. The highest BCUT2D eigenvalue weighted by atomic mass is 16.5. The topological polar surface area (TPSA) is 44.2 Å². The summed E-state index contributed by atoms with van der Waals surface area (Å²) in [5, 5.41) is 2.12. The lowest BCUT2D eigenvalue weighted by Gasteiger charge is -2.09. The molecule has 5 aromatic rings. The number of hydrogen-bond acceptors (Lipinski definition) is 4. The van der Waals surface area contributed by atoms with Crippen LogP contribution in [0, 0.1) is 0 Å². The molecule has 0 amide bonds. The molecule has 5 rings (SSSR count). The van der Waals surface area contributed by atoms with Gasteiger partial charge in [-0.1, -0.05) is 36.4 Å². The molecule has 36 heavy (non-hydrogen) atoms. The Balaban J connectivity index is 1.46. The van der Waals surface area contributed by atoms with Gasteiger partial charge in [-0.15, -0.1) is 13.2 Å². The lowest BCUT2D eigenvalue weighted by Crippen LogP contribution is -1.95. The van der Waals surface area contributed by atoms with Crippen molar-refractivity contribution in [1.29, 1.82) is 0 Å². The van der Waals surface area contributed by atoms with Crippen LogP contribution in [0.25, 0.3) is 44.3 Å². The molecule has 0 fully saturated rings. The zero-order chi connectivity index (χ0) is 24.7. The van der Waals surface area contributed by atoms with E-state index in [1.54, 1.807) is 0 Å². The molecule has 178 valence electrons. The molecule has 0 radical (unpaired) electrons.